The van der Waals surface area contributed by atoms with Gasteiger partial charge >= 0.3 is 0 Å². The van der Waals surface area contributed by atoms with Crippen molar-refractivity contribution < 1.29 is 9.18 Å². The standard InChI is InChI=1S/C13H16FN3O/c1-8(2)12(13(18)16-15)17-6-5-9-7-10(14)3-4-11(9)17/h3-8,12H,15H2,1-2H3,(H,16,18). The van der Waals surface area contributed by atoms with Crippen LogP contribution in [0.5, 0.6) is 0 Å². The van der Waals surface area contributed by atoms with Gasteiger partial charge in [-0.05, 0) is 30.2 Å². The Morgan fingerprint density at radius 2 is 2.11 bits per heavy atom. The highest BCUT2D eigenvalue weighted by atomic mass is 19.1. The smallest absolute Gasteiger partial charge is 0.257 e. The van der Waals surface area contributed by atoms with E-state index in [0.717, 1.165) is 10.9 Å². The summed E-state index contributed by atoms with van der Waals surface area (Å²) in [6.07, 6.45) is 1.78. The Bertz CT molecular complexity index is 577. The lowest BCUT2D eigenvalue weighted by Gasteiger charge is -2.22. The lowest BCUT2D eigenvalue weighted by Crippen LogP contribution is -2.39. The molecule has 18 heavy (non-hydrogen) atoms. The Labute approximate surface area is 105 Å². The first-order chi connectivity index (χ1) is 8.54. The number of carbonyl (C=O) groups is 1. The van der Waals surface area contributed by atoms with Gasteiger partial charge in [0.05, 0.1) is 0 Å². The van der Waals surface area contributed by atoms with Crippen molar-refractivity contribution in [3.63, 3.8) is 0 Å². The average Bonchev–Trinajstić information content (AvgIpc) is 2.71. The van der Waals surface area contributed by atoms with Gasteiger partial charge in [-0.2, -0.15) is 0 Å². The molecule has 3 N–H and O–H groups in total. The van der Waals surface area contributed by atoms with Crippen molar-refractivity contribution in [1.29, 1.82) is 0 Å². The van der Waals surface area contributed by atoms with Crippen molar-refractivity contribution in [3.05, 3.63) is 36.3 Å². The Hall–Kier alpha value is -1.88. The minimum absolute atomic E-state index is 0.0780. The lowest BCUT2D eigenvalue weighted by atomic mass is 10.0. The highest BCUT2D eigenvalue weighted by Gasteiger charge is 2.24. The molecule has 2 aromatic rings. The van der Waals surface area contributed by atoms with Crippen LogP contribution >= 0.6 is 0 Å². The van der Waals surface area contributed by atoms with Crippen LogP contribution in [0.2, 0.25) is 0 Å². The molecule has 1 amide bonds. The number of nitrogens with two attached hydrogens (primary N) is 1. The number of nitrogens with zero attached hydrogens (tertiary/aromatic N) is 1. The third kappa shape index (κ3) is 2.09. The van der Waals surface area contributed by atoms with E-state index in [1.54, 1.807) is 18.3 Å². The van der Waals surface area contributed by atoms with Crippen LogP contribution in [0.3, 0.4) is 0 Å². The van der Waals surface area contributed by atoms with Gasteiger partial charge in [0.2, 0.25) is 0 Å². The molecule has 0 spiro atoms. The Morgan fingerprint density at radius 1 is 1.39 bits per heavy atom. The molecule has 4 nitrogen and oxygen atoms in total. The molecule has 0 aliphatic carbocycles. The van der Waals surface area contributed by atoms with Crippen molar-refractivity contribution in [2.24, 2.45) is 11.8 Å². The van der Waals surface area contributed by atoms with Crippen molar-refractivity contribution in [2.75, 3.05) is 0 Å². The molecule has 0 bridgehead atoms. The van der Waals surface area contributed by atoms with E-state index in [-0.39, 0.29) is 17.6 Å². The van der Waals surface area contributed by atoms with Crippen LogP contribution in [0, 0.1) is 11.7 Å². The summed E-state index contributed by atoms with van der Waals surface area (Å²) >= 11 is 0. The second-order valence-corrected chi connectivity index (χ2v) is 4.62. The summed E-state index contributed by atoms with van der Waals surface area (Å²) < 4.78 is 14.9. The predicted molar refractivity (Wildman–Crippen MR) is 68.1 cm³/mol. The SMILES string of the molecule is CC(C)C(C(=O)NN)n1ccc2cc(F)ccc21. The monoisotopic (exact) mass is 249 g/mol. The highest BCUT2D eigenvalue weighted by molar-refractivity contribution is 5.85. The highest BCUT2D eigenvalue weighted by Crippen LogP contribution is 2.25. The first-order valence-electron chi connectivity index (χ1n) is 5.81. The number of hydrogen-bond acceptors (Lipinski definition) is 2. The van der Waals surface area contributed by atoms with Crippen LogP contribution in [0.4, 0.5) is 4.39 Å². The number of aromatic nitrogens is 1. The number of benzene rings is 1. The molecular formula is C13H16FN3O. The van der Waals surface area contributed by atoms with Gasteiger partial charge in [0, 0.05) is 17.1 Å². The number of carbonyl (C=O) groups excluding carboxylic acids is 1. The molecule has 0 aliphatic rings. The number of halogens is 1. The fourth-order valence-corrected chi connectivity index (χ4v) is 2.21. The zero-order valence-electron chi connectivity index (χ0n) is 10.4. The van der Waals surface area contributed by atoms with Gasteiger partial charge in [-0.1, -0.05) is 13.8 Å². The molecule has 0 fully saturated rings. The van der Waals surface area contributed by atoms with E-state index >= 15 is 0 Å². The number of fused-ring (bicyclic) bond motifs is 1. The molecule has 1 aromatic carbocycles. The van der Waals surface area contributed by atoms with E-state index in [1.807, 2.05) is 18.4 Å². The maximum Gasteiger partial charge on any atom is 0.257 e. The van der Waals surface area contributed by atoms with Gasteiger partial charge in [-0.25, -0.2) is 10.2 Å². The van der Waals surface area contributed by atoms with Crippen LogP contribution < -0.4 is 11.3 Å². The van der Waals surface area contributed by atoms with Crippen molar-refractivity contribution in [2.45, 2.75) is 19.9 Å². The van der Waals surface area contributed by atoms with Gasteiger partial charge in [-0.3, -0.25) is 10.2 Å². The second-order valence-electron chi connectivity index (χ2n) is 4.62. The number of nitrogens with one attached hydrogen (secondary N) is 1. The molecule has 0 radical (unpaired) electrons. The summed E-state index contributed by atoms with van der Waals surface area (Å²) in [5.41, 5.74) is 3.00. The van der Waals surface area contributed by atoms with E-state index in [2.05, 4.69) is 5.43 Å². The molecule has 1 atom stereocenters. The van der Waals surface area contributed by atoms with Gasteiger partial charge in [0.1, 0.15) is 11.9 Å². The predicted octanol–water partition coefficient (Wildman–Crippen LogP) is 1.97. The largest absolute Gasteiger partial charge is 0.335 e. The number of hydrazine groups is 1. The third-order valence-electron chi connectivity index (χ3n) is 3.02. The summed E-state index contributed by atoms with van der Waals surface area (Å²) in [5.74, 6) is 4.75. The molecule has 0 saturated carbocycles. The van der Waals surface area contributed by atoms with Gasteiger partial charge in [0.15, 0.2) is 0 Å². The molecule has 1 heterocycles. The van der Waals surface area contributed by atoms with Gasteiger partial charge < -0.3 is 4.57 Å². The molecule has 2 rings (SSSR count). The van der Waals surface area contributed by atoms with Crippen molar-refractivity contribution >= 4 is 16.8 Å². The topological polar surface area (TPSA) is 60.1 Å². The van der Waals surface area contributed by atoms with Crippen molar-refractivity contribution in [1.82, 2.24) is 9.99 Å². The Kier molecular flexibility index (Phi) is 3.34. The van der Waals surface area contributed by atoms with E-state index in [0.29, 0.717) is 0 Å². The third-order valence-corrected chi connectivity index (χ3v) is 3.02. The minimum Gasteiger partial charge on any atom is -0.335 e. The number of hydrogen-bond donors (Lipinski definition) is 2. The number of rotatable bonds is 3. The van der Waals surface area contributed by atoms with E-state index in [4.69, 9.17) is 5.84 Å². The first kappa shape index (κ1) is 12.6. The van der Waals surface area contributed by atoms with Crippen LogP contribution in [0.15, 0.2) is 30.5 Å². The van der Waals surface area contributed by atoms with Crippen LogP contribution in [0.25, 0.3) is 10.9 Å². The maximum atomic E-state index is 13.1. The summed E-state index contributed by atoms with van der Waals surface area (Å²) in [4.78, 5) is 11.8. The molecule has 1 aromatic heterocycles. The zero-order valence-corrected chi connectivity index (χ0v) is 10.4. The summed E-state index contributed by atoms with van der Waals surface area (Å²) in [6.45, 7) is 3.88. The molecular weight excluding hydrogens is 233 g/mol. The van der Waals surface area contributed by atoms with E-state index in [1.165, 1.54) is 12.1 Å². The summed E-state index contributed by atoms with van der Waals surface area (Å²) in [5, 5.41) is 0.769. The van der Waals surface area contributed by atoms with E-state index < -0.39 is 6.04 Å². The van der Waals surface area contributed by atoms with E-state index in [9.17, 15) is 9.18 Å². The maximum absolute atomic E-state index is 13.1. The Morgan fingerprint density at radius 3 is 2.72 bits per heavy atom. The second kappa shape index (κ2) is 4.78. The average molecular weight is 249 g/mol. The van der Waals surface area contributed by atoms with Crippen LogP contribution in [-0.4, -0.2) is 10.5 Å². The lowest BCUT2D eigenvalue weighted by molar-refractivity contribution is -0.125. The first-order valence-corrected chi connectivity index (χ1v) is 5.81. The van der Waals surface area contributed by atoms with Gasteiger partial charge in [0.25, 0.3) is 5.91 Å². The molecule has 0 saturated heterocycles. The number of amides is 1. The molecule has 1 unspecified atom stereocenters. The quantitative estimate of drug-likeness (QED) is 0.496. The molecule has 5 heteroatoms. The fourth-order valence-electron chi connectivity index (χ4n) is 2.21. The van der Waals surface area contributed by atoms with Crippen molar-refractivity contribution in [3.8, 4) is 0 Å². The van der Waals surface area contributed by atoms with Gasteiger partial charge in [-0.15, -0.1) is 0 Å². The normalized spacial score (nSPS) is 12.9. The Balaban J connectivity index is 2.54. The summed E-state index contributed by atoms with van der Waals surface area (Å²) in [6, 6.07) is 5.89. The molecule has 96 valence electrons. The molecule has 0 aliphatic heterocycles. The minimum atomic E-state index is -0.405. The summed E-state index contributed by atoms with van der Waals surface area (Å²) in [7, 11) is 0. The zero-order chi connectivity index (χ0) is 13.3. The van der Waals surface area contributed by atoms with Crippen LogP contribution in [0.1, 0.15) is 19.9 Å². The van der Waals surface area contributed by atoms with Crippen LogP contribution in [-0.2, 0) is 4.79 Å². The fraction of sp³-hybridized carbons (Fsp3) is 0.308.